The first-order chi connectivity index (χ1) is 10.5. The van der Waals surface area contributed by atoms with Gasteiger partial charge in [-0.05, 0) is 26.8 Å². The maximum absolute atomic E-state index is 12.9. The second-order valence-electron chi connectivity index (χ2n) is 5.57. The SMILES string of the molecule is CO[C@@H]1C[C@H](c2nc(C)no2)N(C(=O)c2cc(C)sc2C)C1. The van der Waals surface area contributed by atoms with Crippen molar-refractivity contribution in [3.05, 3.63) is 33.1 Å². The molecule has 0 aromatic carbocycles. The van der Waals surface area contributed by atoms with Gasteiger partial charge in [-0.1, -0.05) is 5.16 Å². The molecule has 0 N–H and O–H groups in total. The summed E-state index contributed by atoms with van der Waals surface area (Å²) in [7, 11) is 1.66. The van der Waals surface area contributed by atoms with Crippen molar-refractivity contribution in [2.45, 2.75) is 39.3 Å². The summed E-state index contributed by atoms with van der Waals surface area (Å²) in [6.45, 7) is 6.29. The lowest BCUT2D eigenvalue weighted by Gasteiger charge is -2.21. The third kappa shape index (κ3) is 2.66. The fourth-order valence-electron chi connectivity index (χ4n) is 2.87. The molecular weight excluding hydrogens is 302 g/mol. The Kier molecular flexibility index (Phi) is 4.01. The molecule has 2 aromatic rings. The van der Waals surface area contributed by atoms with Gasteiger partial charge in [0.2, 0.25) is 5.89 Å². The van der Waals surface area contributed by atoms with Gasteiger partial charge in [0.25, 0.3) is 5.91 Å². The van der Waals surface area contributed by atoms with E-state index >= 15 is 0 Å². The molecule has 0 radical (unpaired) electrons. The summed E-state index contributed by atoms with van der Waals surface area (Å²) in [5.41, 5.74) is 0.750. The van der Waals surface area contributed by atoms with Gasteiger partial charge in [-0.2, -0.15) is 4.98 Å². The number of ether oxygens (including phenoxy) is 1. The van der Waals surface area contributed by atoms with Crippen LogP contribution in [0, 0.1) is 20.8 Å². The molecule has 0 spiro atoms. The summed E-state index contributed by atoms with van der Waals surface area (Å²) in [4.78, 5) is 21.2. The molecule has 0 saturated carbocycles. The molecule has 1 saturated heterocycles. The van der Waals surface area contributed by atoms with E-state index in [1.54, 1.807) is 30.3 Å². The van der Waals surface area contributed by atoms with Crippen LogP contribution in [-0.2, 0) is 4.74 Å². The number of hydrogen-bond acceptors (Lipinski definition) is 6. The summed E-state index contributed by atoms with van der Waals surface area (Å²) in [5, 5.41) is 3.84. The van der Waals surface area contributed by atoms with Crippen LogP contribution < -0.4 is 0 Å². The highest BCUT2D eigenvalue weighted by Gasteiger charge is 2.40. The molecule has 0 unspecified atom stereocenters. The molecule has 22 heavy (non-hydrogen) atoms. The van der Waals surface area contributed by atoms with Crippen LogP contribution in [0.3, 0.4) is 0 Å². The molecule has 118 valence electrons. The average Bonchev–Trinajstić information content (AvgIpc) is 3.16. The number of thiophene rings is 1. The molecule has 0 bridgehead atoms. The minimum Gasteiger partial charge on any atom is -0.380 e. The number of hydrogen-bond donors (Lipinski definition) is 0. The maximum Gasteiger partial charge on any atom is 0.255 e. The Morgan fingerprint density at radius 1 is 1.45 bits per heavy atom. The molecular formula is C15H19N3O3S. The Labute approximate surface area is 133 Å². The van der Waals surface area contributed by atoms with Gasteiger partial charge in [0.15, 0.2) is 5.82 Å². The topological polar surface area (TPSA) is 68.5 Å². The average molecular weight is 321 g/mol. The van der Waals surface area contributed by atoms with E-state index in [2.05, 4.69) is 10.1 Å². The fraction of sp³-hybridized carbons (Fsp3) is 0.533. The second kappa shape index (κ2) is 5.81. The number of rotatable bonds is 3. The zero-order valence-electron chi connectivity index (χ0n) is 13.1. The van der Waals surface area contributed by atoms with Crippen molar-refractivity contribution in [3.8, 4) is 0 Å². The van der Waals surface area contributed by atoms with Crippen molar-refractivity contribution >= 4 is 17.2 Å². The first-order valence-corrected chi connectivity index (χ1v) is 8.02. The number of carbonyl (C=O) groups is 1. The lowest BCUT2D eigenvalue weighted by molar-refractivity contribution is 0.0670. The molecule has 3 heterocycles. The third-order valence-electron chi connectivity index (χ3n) is 3.96. The van der Waals surface area contributed by atoms with Gasteiger partial charge in [-0.25, -0.2) is 0 Å². The monoisotopic (exact) mass is 321 g/mol. The number of amides is 1. The molecule has 1 fully saturated rings. The van der Waals surface area contributed by atoms with Crippen LogP contribution in [-0.4, -0.2) is 40.7 Å². The van der Waals surface area contributed by atoms with E-state index in [0.29, 0.717) is 24.7 Å². The number of nitrogens with zero attached hydrogens (tertiary/aromatic N) is 3. The highest BCUT2D eigenvalue weighted by atomic mass is 32.1. The zero-order valence-corrected chi connectivity index (χ0v) is 13.9. The summed E-state index contributed by atoms with van der Waals surface area (Å²) in [6.07, 6.45) is 0.660. The van der Waals surface area contributed by atoms with Gasteiger partial charge in [0.1, 0.15) is 6.04 Å². The molecule has 3 rings (SSSR count). The van der Waals surface area contributed by atoms with E-state index in [9.17, 15) is 4.79 Å². The van der Waals surface area contributed by atoms with Gasteiger partial charge in [-0.3, -0.25) is 4.79 Å². The molecule has 1 aliphatic heterocycles. The van der Waals surface area contributed by atoms with E-state index < -0.39 is 0 Å². The predicted octanol–water partition coefficient (Wildman–Crippen LogP) is 2.66. The van der Waals surface area contributed by atoms with Gasteiger partial charge in [0, 0.05) is 29.8 Å². The first kappa shape index (κ1) is 15.2. The minimum absolute atomic E-state index is 0.00209. The van der Waals surface area contributed by atoms with Crippen LogP contribution in [0.1, 0.15) is 44.3 Å². The normalized spacial score (nSPS) is 21.5. The van der Waals surface area contributed by atoms with Crippen LogP contribution in [0.4, 0.5) is 0 Å². The first-order valence-electron chi connectivity index (χ1n) is 7.20. The van der Waals surface area contributed by atoms with Crippen LogP contribution in [0.2, 0.25) is 0 Å². The quantitative estimate of drug-likeness (QED) is 0.869. The van der Waals surface area contributed by atoms with E-state index in [0.717, 1.165) is 15.3 Å². The van der Waals surface area contributed by atoms with Crippen LogP contribution in [0.5, 0.6) is 0 Å². The Balaban J connectivity index is 1.92. The lowest BCUT2D eigenvalue weighted by atomic mass is 10.1. The van der Waals surface area contributed by atoms with Gasteiger partial charge >= 0.3 is 0 Å². The van der Waals surface area contributed by atoms with Gasteiger partial charge in [-0.15, -0.1) is 11.3 Å². The largest absolute Gasteiger partial charge is 0.380 e. The van der Waals surface area contributed by atoms with Crippen molar-refractivity contribution < 1.29 is 14.1 Å². The number of aryl methyl sites for hydroxylation is 3. The number of carbonyl (C=O) groups excluding carboxylic acids is 1. The standard InChI is InChI=1S/C15H19N3O3S/c1-8-5-12(9(2)22-8)15(19)18-7-11(20-4)6-13(18)14-16-10(3)17-21-14/h5,11,13H,6-7H2,1-4H3/t11-,13-/m1/s1. The number of aromatic nitrogens is 2. The fourth-order valence-corrected chi connectivity index (χ4v) is 3.79. The molecule has 2 atom stereocenters. The molecule has 7 heteroatoms. The van der Waals surface area contributed by atoms with Crippen molar-refractivity contribution in [2.75, 3.05) is 13.7 Å². The smallest absolute Gasteiger partial charge is 0.255 e. The molecule has 2 aromatic heterocycles. The minimum atomic E-state index is -0.224. The van der Waals surface area contributed by atoms with Crippen molar-refractivity contribution in [2.24, 2.45) is 0 Å². The van der Waals surface area contributed by atoms with Crippen molar-refractivity contribution in [1.82, 2.24) is 15.0 Å². The molecule has 6 nitrogen and oxygen atoms in total. The maximum atomic E-state index is 12.9. The second-order valence-corrected chi connectivity index (χ2v) is 7.03. The summed E-state index contributed by atoms with van der Waals surface area (Å²) in [6, 6.07) is 1.72. The molecule has 0 aliphatic carbocycles. The summed E-state index contributed by atoms with van der Waals surface area (Å²) in [5.74, 6) is 1.06. The highest BCUT2D eigenvalue weighted by molar-refractivity contribution is 7.12. The summed E-state index contributed by atoms with van der Waals surface area (Å²) >= 11 is 1.63. The summed E-state index contributed by atoms with van der Waals surface area (Å²) < 4.78 is 10.7. The number of likely N-dealkylation sites (tertiary alicyclic amines) is 1. The van der Waals surface area contributed by atoms with E-state index in [1.165, 1.54) is 0 Å². The molecule has 1 aliphatic rings. The number of methoxy groups -OCH3 is 1. The Hall–Kier alpha value is -1.73. The van der Waals surface area contributed by atoms with Crippen molar-refractivity contribution in [1.29, 1.82) is 0 Å². The molecule has 1 amide bonds. The highest BCUT2D eigenvalue weighted by Crippen LogP contribution is 2.35. The van der Waals surface area contributed by atoms with Crippen LogP contribution in [0.25, 0.3) is 0 Å². The van der Waals surface area contributed by atoms with Crippen LogP contribution >= 0.6 is 11.3 Å². The predicted molar refractivity (Wildman–Crippen MR) is 82.0 cm³/mol. The third-order valence-corrected chi connectivity index (χ3v) is 4.92. The van der Waals surface area contributed by atoms with Crippen LogP contribution in [0.15, 0.2) is 10.6 Å². The lowest BCUT2D eigenvalue weighted by Crippen LogP contribution is -2.32. The Morgan fingerprint density at radius 3 is 2.77 bits per heavy atom. The Morgan fingerprint density at radius 2 is 2.23 bits per heavy atom. The van der Waals surface area contributed by atoms with E-state index in [1.807, 2.05) is 19.9 Å². The van der Waals surface area contributed by atoms with Gasteiger partial charge < -0.3 is 14.2 Å². The van der Waals surface area contributed by atoms with Gasteiger partial charge in [0.05, 0.1) is 11.7 Å². The van der Waals surface area contributed by atoms with E-state index in [-0.39, 0.29) is 18.1 Å². The zero-order chi connectivity index (χ0) is 15.9. The Bertz CT molecular complexity index is 694. The van der Waals surface area contributed by atoms with Crippen molar-refractivity contribution in [3.63, 3.8) is 0 Å². The van der Waals surface area contributed by atoms with E-state index in [4.69, 9.17) is 9.26 Å².